The summed E-state index contributed by atoms with van der Waals surface area (Å²) in [7, 11) is 0. The summed E-state index contributed by atoms with van der Waals surface area (Å²) in [5, 5.41) is 14.6. The van der Waals surface area contributed by atoms with Gasteiger partial charge in [-0.1, -0.05) is 6.92 Å². The number of aliphatic carboxylic acids is 1. The topological polar surface area (TPSA) is 69.6 Å². The van der Waals surface area contributed by atoms with E-state index in [9.17, 15) is 14.7 Å². The molecule has 3 heterocycles. The molecule has 2 N–H and O–H groups in total. The second-order valence-corrected chi connectivity index (χ2v) is 6.52. The maximum atomic E-state index is 12.7. The number of nitrogens with one attached hydrogen (secondary N) is 1. The monoisotopic (exact) mass is 294 g/mol. The third kappa shape index (κ3) is 2.13. The number of thiophene rings is 1. The SMILES string of the molecule is CC1CCNC1C(=O)N1CCc2sccc2C1C(=O)O. The molecule has 1 amide bonds. The van der Waals surface area contributed by atoms with Gasteiger partial charge in [0.15, 0.2) is 6.04 Å². The standard InChI is InChI=1S/C14H18N2O3S/c1-8-2-5-15-11(8)13(17)16-6-3-10-9(4-7-20-10)12(16)14(18)19/h4,7-8,11-12,15H,2-3,5-6H2,1H3,(H,18,19). The van der Waals surface area contributed by atoms with Gasteiger partial charge in [-0.15, -0.1) is 11.3 Å². The number of carboxylic acids is 1. The van der Waals surface area contributed by atoms with Crippen LogP contribution < -0.4 is 5.32 Å². The lowest BCUT2D eigenvalue weighted by molar-refractivity contribution is -0.152. The number of carboxylic acid groups (broad SMARTS) is 1. The van der Waals surface area contributed by atoms with Gasteiger partial charge in [-0.3, -0.25) is 4.79 Å². The van der Waals surface area contributed by atoms with Crippen molar-refractivity contribution in [3.05, 3.63) is 21.9 Å². The van der Waals surface area contributed by atoms with E-state index in [1.807, 2.05) is 18.4 Å². The molecule has 20 heavy (non-hydrogen) atoms. The van der Waals surface area contributed by atoms with Gasteiger partial charge in [-0.2, -0.15) is 0 Å². The molecule has 0 aromatic carbocycles. The molecule has 0 spiro atoms. The van der Waals surface area contributed by atoms with Gasteiger partial charge in [-0.25, -0.2) is 4.79 Å². The van der Waals surface area contributed by atoms with Crippen molar-refractivity contribution in [2.75, 3.05) is 13.1 Å². The molecule has 0 bridgehead atoms. The smallest absolute Gasteiger partial charge is 0.331 e. The van der Waals surface area contributed by atoms with E-state index in [1.54, 1.807) is 11.3 Å². The van der Waals surface area contributed by atoms with Crippen LogP contribution in [0.1, 0.15) is 29.8 Å². The lowest BCUT2D eigenvalue weighted by Gasteiger charge is -2.35. The molecule has 1 aromatic rings. The van der Waals surface area contributed by atoms with Crippen LogP contribution in [0.4, 0.5) is 0 Å². The van der Waals surface area contributed by atoms with Crippen LogP contribution in [-0.2, 0) is 16.0 Å². The number of amides is 1. The first kappa shape index (κ1) is 13.6. The molecule has 1 saturated heterocycles. The van der Waals surface area contributed by atoms with Crippen LogP contribution in [-0.4, -0.2) is 41.0 Å². The van der Waals surface area contributed by atoms with E-state index in [-0.39, 0.29) is 17.9 Å². The van der Waals surface area contributed by atoms with Gasteiger partial charge < -0.3 is 15.3 Å². The normalized spacial score (nSPS) is 29.2. The fourth-order valence-corrected chi connectivity index (χ4v) is 4.07. The highest BCUT2D eigenvalue weighted by atomic mass is 32.1. The Labute approximate surface area is 121 Å². The summed E-state index contributed by atoms with van der Waals surface area (Å²) in [4.78, 5) is 26.9. The first-order chi connectivity index (χ1) is 9.59. The molecule has 0 radical (unpaired) electrons. The van der Waals surface area contributed by atoms with Crippen LogP contribution in [0.5, 0.6) is 0 Å². The molecular weight excluding hydrogens is 276 g/mol. The fraction of sp³-hybridized carbons (Fsp3) is 0.571. The van der Waals surface area contributed by atoms with E-state index >= 15 is 0 Å². The predicted molar refractivity (Wildman–Crippen MR) is 75.7 cm³/mol. The van der Waals surface area contributed by atoms with E-state index in [0.29, 0.717) is 6.54 Å². The Balaban J connectivity index is 1.89. The van der Waals surface area contributed by atoms with Gasteiger partial charge in [0.1, 0.15) is 0 Å². The molecule has 1 aromatic heterocycles. The van der Waals surface area contributed by atoms with Crippen LogP contribution in [0.3, 0.4) is 0 Å². The van der Waals surface area contributed by atoms with Crippen molar-refractivity contribution in [2.45, 2.75) is 31.8 Å². The molecule has 108 valence electrons. The van der Waals surface area contributed by atoms with Crippen molar-refractivity contribution in [3.8, 4) is 0 Å². The summed E-state index contributed by atoms with van der Waals surface area (Å²) >= 11 is 1.58. The second kappa shape index (κ2) is 5.18. The Bertz CT molecular complexity index is 542. The van der Waals surface area contributed by atoms with Crippen molar-refractivity contribution in [3.63, 3.8) is 0 Å². The predicted octanol–water partition coefficient (Wildman–Crippen LogP) is 1.26. The number of carbonyl (C=O) groups is 2. The fourth-order valence-electron chi connectivity index (χ4n) is 3.16. The Kier molecular flexibility index (Phi) is 3.52. The number of fused-ring (bicyclic) bond motifs is 1. The first-order valence-corrected chi connectivity index (χ1v) is 7.80. The van der Waals surface area contributed by atoms with E-state index in [4.69, 9.17) is 0 Å². The molecule has 3 rings (SSSR count). The number of nitrogens with zero attached hydrogens (tertiary/aromatic N) is 1. The maximum absolute atomic E-state index is 12.7. The largest absolute Gasteiger partial charge is 0.479 e. The highest BCUT2D eigenvalue weighted by Gasteiger charge is 2.41. The minimum atomic E-state index is -0.941. The van der Waals surface area contributed by atoms with E-state index in [2.05, 4.69) is 5.32 Å². The molecule has 3 unspecified atom stereocenters. The number of rotatable bonds is 2. The van der Waals surface area contributed by atoms with E-state index in [0.717, 1.165) is 29.8 Å². The maximum Gasteiger partial charge on any atom is 0.331 e. The molecule has 5 nitrogen and oxygen atoms in total. The highest BCUT2D eigenvalue weighted by Crippen LogP contribution is 2.34. The van der Waals surface area contributed by atoms with Gasteiger partial charge in [0.25, 0.3) is 0 Å². The lowest BCUT2D eigenvalue weighted by atomic mass is 9.96. The van der Waals surface area contributed by atoms with Crippen molar-refractivity contribution in [1.82, 2.24) is 10.2 Å². The zero-order chi connectivity index (χ0) is 14.3. The van der Waals surface area contributed by atoms with Gasteiger partial charge in [0, 0.05) is 11.4 Å². The Morgan fingerprint density at radius 2 is 2.30 bits per heavy atom. The van der Waals surface area contributed by atoms with Crippen molar-refractivity contribution in [2.24, 2.45) is 5.92 Å². The number of hydrogen-bond acceptors (Lipinski definition) is 4. The van der Waals surface area contributed by atoms with E-state index in [1.165, 1.54) is 4.90 Å². The molecule has 1 fully saturated rings. The summed E-state index contributed by atoms with van der Waals surface area (Å²) < 4.78 is 0. The minimum absolute atomic E-state index is 0.0701. The number of hydrogen-bond donors (Lipinski definition) is 2. The van der Waals surface area contributed by atoms with E-state index < -0.39 is 12.0 Å². The Morgan fingerprint density at radius 3 is 2.95 bits per heavy atom. The third-order valence-corrected chi connectivity index (χ3v) is 5.28. The van der Waals surface area contributed by atoms with Gasteiger partial charge in [0.05, 0.1) is 6.04 Å². The van der Waals surface area contributed by atoms with Crippen LogP contribution in [0.15, 0.2) is 11.4 Å². The summed E-state index contributed by atoms with van der Waals surface area (Å²) in [5.41, 5.74) is 0.785. The Morgan fingerprint density at radius 1 is 1.50 bits per heavy atom. The van der Waals surface area contributed by atoms with Crippen LogP contribution in [0.25, 0.3) is 0 Å². The quantitative estimate of drug-likeness (QED) is 0.861. The zero-order valence-electron chi connectivity index (χ0n) is 11.3. The van der Waals surface area contributed by atoms with Crippen molar-refractivity contribution in [1.29, 1.82) is 0 Å². The highest BCUT2D eigenvalue weighted by molar-refractivity contribution is 7.10. The van der Waals surface area contributed by atoms with Crippen LogP contribution in [0.2, 0.25) is 0 Å². The Hall–Kier alpha value is -1.40. The average molecular weight is 294 g/mol. The molecule has 0 aliphatic carbocycles. The van der Waals surface area contributed by atoms with Crippen LogP contribution in [0, 0.1) is 5.92 Å². The minimum Gasteiger partial charge on any atom is -0.479 e. The van der Waals surface area contributed by atoms with Gasteiger partial charge in [0.2, 0.25) is 5.91 Å². The summed E-state index contributed by atoms with van der Waals surface area (Å²) in [5.74, 6) is -0.747. The molecule has 6 heteroatoms. The lowest BCUT2D eigenvalue weighted by Crippen LogP contribution is -2.51. The average Bonchev–Trinajstić information content (AvgIpc) is 3.04. The molecular formula is C14H18N2O3S. The second-order valence-electron chi connectivity index (χ2n) is 5.52. The summed E-state index contributed by atoms with van der Waals surface area (Å²) in [6.07, 6.45) is 1.72. The molecule has 3 atom stereocenters. The van der Waals surface area contributed by atoms with Crippen LogP contribution >= 0.6 is 11.3 Å². The first-order valence-electron chi connectivity index (χ1n) is 6.92. The number of carbonyl (C=O) groups excluding carboxylic acids is 1. The molecule has 0 saturated carbocycles. The summed E-state index contributed by atoms with van der Waals surface area (Å²) in [6.45, 7) is 3.36. The summed E-state index contributed by atoms with van der Waals surface area (Å²) in [6, 6.07) is 0.771. The van der Waals surface area contributed by atoms with Crippen molar-refractivity contribution < 1.29 is 14.7 Å². The van der Waals surface area contributed by atoms with Crippen molar-refractivity contribution >= 4 is 23.2 Å². The van der Waals surface area contributed by atoms with Gasteiger partial charge >= 0.3 is 5.97 Å². The van der Waals surface area contributed by atoms with Gasteiger partial charge in [-0.05, 0) is 42.3 Å². The zero-order valence-corrected chi connectivity index (χ0v) is 12.2. The third-order valence-electron chi connectivity index (χ3n) is 4.28. The molecule has 2 aliphatic rings. The molecule has 2 aliphatic heterocycles.